The highest BCUT2D eigenvalue weighted by atomic mass is 16.5. The number of hydrogen-bond acceptors (Lipinski definition) is 4. The summed E-state index contributed by atoms with van der Waals surface area (Å²) in [6.07, 6.45) is 1.13. The summed E-state index contributed by atoms with van der Waals surface area (Å²) in [5.74, 6) is -0.738. The Morgan fingerprint density at radius 1 is 1.19 bits per heavy atom. The highest BCUT2D eigenvalue weighted by molar-refractivity contribution is 5.81. The lowest BCUT2D eigenvalue weighted by Gasteiger charge is -2.32. The van der Waals surface area contributed by atoms with Gasteiger partial charge in [-0.15, -0.1) is 0 Å². The van der Waals surface area contributed by atoms with E-state index in [1.165, 1.54) is 0 Å². The molecule has 1 aliphatic heterocycles. The average molecular weight is 362 g/mol. The number of carboxylic acid groups (broad SMARTS) is 1. The van der Waals surface area contributed by atoms with Crippen molar-refractivity contribution in [2.45, 2.75) is 26.7 Å². The van der Waals surface area contributed by atoms with E-state index in [0.29, 0.717) is 31.7 Å². The first-order chi connectivity index (χ1) is 12.3. The number of likely N-dealkylation sites (tertiary alicyclic amines) is 1. The molecule has 2 rings (SSSR count). The quantitative estimate of drug-likeness (QED) is 0.767. The predicted molar refractivity (Wildman–Crippen MR) is 95.7 cm³/mol. The Balaban J connectivity index is 1.73. The predicted octanol–water partition coefficient (Wildman–Crippen LogP) is 1.53. The van der Waals surface area contributed by atoms with Crippen molar-refractivity contribution in [2.75, 3.05) is 26.2 Å². The number of nitrogens with one attached hydrogen (secondary N) is 1. The van der Waals surface area contributed by atoms with E-state index < -0.39 is 11.4 Å². The van der Waals surface area contributed by atoms with Crippen LogP contribution in [0, 0.1) is 11.3 Å². The Morgan fingerprint density at radius 3 is 2.38 bits per heavy atom. The molecule has 0 unspecified atom stereocenters. The third kappa shape index (κ3) is 5.47. The maximum atomic E-state index is 12.2. The fourth-order valence-corrected chi connectivity index (χ4v) is 2.67. The summed E-state index contributed by atoms with van der Waals surface area (Å²) in [4.78, 5) is 37.2. The summed E-state index contributed by atoms with van der Waals surface area (Å²) in [5.41, 5.74) is -0.999. The number of carboxylic acids is 1. The lowest BCUT2D eigenvalue weighted by atomic mass is 9.92. The molecule has 0 radical (unpaired) electrons. The van der Waals surface area contributed by atoms with Crippen LogP contribution in [0.1, 0.15) is 26.7 Å². The van der Waals surface area contributed by atoms with Crippen molar-refractivity contribution in [3.63, 3.8) is 0 Å². The Morgan fingerprint density at radius 2 is 1.81 bits per heavy atom. The summed E-state index contributed by atoms with van der Waals surface area (Å²) in [6, 6.07) is 9.15. The van der Waals surface area contributed by atoms with Gasteiger partial charge in [-0.25, -0.2) is 0 Å². The molecule has 0 spiro atoms. The minimum atomic E-state index is -0.999. The zero-order valence-electron chi connectivity index (χ0n) is 15.2. The zero-order valence-corrected chi connectivity index (χ0v) is 15.2. The fourth-order valence-electron chi connectivity index (χ4n) is 2.67. The van der Waals surface area contributed by atoms with E-state index in [-0.39, 0.29) is 30.9 Å². The van der Waals surface area contributed by atoms with Gasteiger partial charge >= 0.3 is 5.97 Å². The minimum Gasteiger partial charge on any atom is -0.484 e. The van der Waals surface area contributed by atoms with Gasteiger partial charge in [0.25, 0.3) is 5.91 Å². The number of benzene rings is 1. The van der Waals surface area contributed by atoms with Crippen molar-refractivity contribution in [2.24, 2.45) is 11.3 Å². The molecular formula is C19H26N2O5. The highest BCUT2D eigenvalue weighted by Crippen LogP contribution is 2.19. The second-order valence-corrected chi connectivity index (χ2v) is 7.16. The molecule has 1 aliphatic rings. The number of carbonyl (C=O) groups is 3. The summed E-state index contributed by atoms with van der Waals surface area (Å²) in [5, 5.41) is 11.8. The van der Waals surface area contributed by atoms with Crippen LogP contribution in [0.25, 0.3) is 0 Å². The topological polar surface area (TPSA) is 95.9 Å². The van der Waals surface area contributed by atoms with Crippen LogP contribution in [-0.2, 0) is 14.4 Å². The van der Waals surface area contributed by atoms with E-state index in [9.17, 15) is 14.4 Å². The molecule has 0 atom stereocenters. The molecule has 7 heteroatoms. The van der Waals surface area contributed by atoms with Gasteiger partial charge in [0.2, 0.25) is 5.91 Å². The number of piperidine rings is 1. The van der Waals surface area contributed by atoms with Gasteiger partial charge in [-0.05, 0) is 38.8 Å². The van der Waals surface area contributed by atoms with Crippen molar-refractivity contribution in [1.82, 2.24) is 10.2 Å². The lowest BCUT2D eigenvalue weighted by Crippen LogP contribution is -2.46. The van der Waals surface area contributed by atoms with Crippen molar-refractivity contribution < 1.29 is 24.2 Å². The number of ether oxygens (including phenoxy) is 1. The molecule has 0 saturated carbocycles. The fraction of sp³-hybridized carbons (Fsp3) is 0.526. The molecular weight excluding hydrogens is 336 g/mol. The Hall–Kier alpha value is -2.57. The van der Waals surface area contributed by atoms with Crippen LogP contribution in [0.4, 0.5) is 0 Å². The van der Waals surface area contributed by atoms with Crippen LogP contribution in [0.2, 0.25) is 0 Å². The van der Waals surface area contributed by atoms with Gasteiger partial charge in [-0.3, -0.25) is 14.4 Å². The average Bonchev–Trinajstić information content (AvgIpc) is 2.65. The Kier molecular flexibility index (Phi) is 6.60. The number of amides is 2. The maximum Gasteiger partial charge on any atom is 0.310 e. The Bertz CT molecular complexity index is 637. The molecule has 0 aliphatic carbocycles. The normalized spacial score (nSPS) is 15.4. The second-order valence-electron chi connectivity index (χ2n) is 7.16. The van der Waals surface area contributed by atoms with E-state index in [2.05, 4.69) is 5.32 Å². The lowest BCUT2D eigenvalue weighted by molar-refractivity contribution is -0.147. The van der Waals surface area contributed by atoms with Crippen molar-refractivity contribution >= 4 is 17.8 Å². The summed E-state index contributed by atoms with van der Waals surface area (Å²) >= 11 is 0. The summed E-state index contributed by atoms with van der Waals surface area (Å²) < 4.78 is 5.47. The molecule has 0 aromatic heterocycles. The van der Waals surface area contributed by atoms with Gasteiger partial charge in [-0.2, -0.15) is 0 Å². The molecule has 2 N–H and O–H groups in total. The van der Waals surface area contributed by atoms with Crippen LogP contribution in [0.15, 0.2) is 30.3 Å². The standard InChI is InChI=1S/C19H26N2O5/c1-19(2,18(24)25)13-20-17(23)14-8-10-21(11-9-14)16(22)12-26-15-6-4-3-5-7-15/h3-7,14H,8-13H2,1-2H3,(H,20,23)(H,24,25). The smallest absolute Gasteiger partial charge is 0.310 e. The van der Waals surface area contributed by atoms with E-state index >= 15 is 0 Å². The molecule has 142 valence electrons. The highest BCUT2D eigenvalue weighted by Gasteiger charge is 2.31. The summed E-state index contributed by atoms with van der Waals surface area (Å²) in [6.45, 7) is 4.21. The number of carbonyl (C=O) groups excluding carboxylic acids is 2. The first kappa shape index (κ1) is 19.8. The van der Waals surface area contributed by atoms with E-state index in [1.54, 1.807) is 30.9 Å². The molecule has 1 heterocycles. The van der Waals surface area contributed by atoms with Gasteiger partial charge in [0.05, 0.1) is 5.41 Å². The van der Waals surface area contributed by atoms with Crippen LogP contribution in [-0.4, -0.2) is 54.0 Å². The second kappa shape index (κ2) is 8.69. The van der Waals surface area contributed by atoms with Gasteiger partial charge < -0.3 is 20.1 Å². The molecule has 0 bridgehead atoms. The molecule has 1 saturated heterocycles. The first-order valence-electron chi connectivity index (χ1n) is 8.76. The summed E-state index contributed by atoms with van der Waals surface area (Å²) in [7, 11) is 0. The molecule has 1 fully saturated rings. The van der Waals surface area contributed by atoms with E-state index in [1.807, 2.05) is 18.2 Å². The van der Waals surface area contributed by atoms with Gasteiger partial charge in [0, 0.05) is 25.6 Å². The van der Waals surface area contributed by atoms with Crippen LogP contribution in [0.3, 0.4) is 0 Å². The molecule has 1 aromatic carbocycles. The third-order valence-corrected chi connectivity index (χ3v) is 4.61. The number of nitrogens with zero attached hydrogens (tertiary/aromatic N) is 1. The van der Waals surface area contributed by atoms with Crippen molar-refractivity contribution in [3.8, 4) is 5.75 Å². The van der Waals surface area contributed by atoms with Crippen molar-refractivity contribution in [1.29, 1.82) is 0 Å². The maximum absolute atomic E-state index is 12.2. The monoisotopic (exact) mass is 362 g/mol. The zero-order chi connectivity index (χ0) is 19.2. The van der Waals surface area contributed by atoms with Gasteiger partial charge in [0.15, 0.2) is 6.61 Å². The number of hydrogen-bond donors (Lipinski definition) is 2. The number of aliphatic carboxylic acids is 1. The van der Waals surface area contributed by atoms with Crippen molar-refractivity contribution in [3.05, 3.63) is 30.3 Å². The number of rotatable bonds is 7. The molecule has 7 nitrogen and oxygen atoms in total. The van der Waals surface area contributed by atoms with Crippen LogP contribution in [0.5, 0.6) is 5.75 Å². The largest absolute Gasteiger partial charge is 0.484 e. The molecule has 1 aromatic rings. The number of para-hydroxylation sites is 1. The minimum absolute atomic E-state index is 0.0202. The first-order valence-corrected chi connectivity index (χ1v) is 8.76. The van der Waals surface area contributed by atoms with E-state index in [0.717, 1.165) is 0 Å². The van der Waals surface area contributed by atoms with E-state index in [4.69, 9.17) is 9.84 Å². The van der Waals surface area contributed by atoms with Gasteiger partial charge in [0.1, 0.15) is 5.75 Å². The van der Waals surface area contributed by atoms with Crippen LogP contribution >= 0.6 is 0 Å². The SMILES string of the molecule is CC(C)(CNC(=O)C1CCN(C(=O)COc2ccccc2)CC1)C(=O)O. The third-order valence-electron chi connectivity index (χ3n) is 4.61. The van der Waals surface area contributed by atoms with Gasteiger partial charge in [-0.1, -0.05) is 18.2 Å². The Labute approximate surface area is 153 Å². The van der Waals surface area contributed by atoms with Crippen LogP contribution < -0.4 is 10.1 Å². The molecule has 2 amide bonds. The molecule has 26 heavy (non-hydrogen) atoms.